The van der Waals surface area contributed by atoms with E-state index in [0.717, 1.165) is 0 Å². The van der Waals surface area contributed by atoms with Gasteiger partial charge in [0.15, 0.2) is 5.60 Å². The van der Waals surface area contributed by atoms with Gasteiger partial charge in [-0.1, -0.05) is 0 Å². The Morgan fingerprint density at radius 3 is 1.41 bits per heavy atom. The maximum atomic E-state index is 12.4. The van der Waals surface area contributed by atoms with Crippen molar-refractivity contribution < 1.29 is 140 Å². The quantitative estimate of drug-likeness (QED) is 0.0378. The van der Waals surface area contributed by atoms with Gasteiger partial charge in [-0.05, 0) is 0 Å². The molecule has 2 heterocycles. The minimum Gasteiger partial charge on any atom is -0.395 e. The highest BCUT2D eigenvalue weighted by molar-refractivity contribution is 8.00. The van der Waals surface area contributed by atoms with Gasteiger partial charge in [-0.3, -0.25) is 31.9 Å². The summed E-state index contributed by atoms with van der Waals surface area (Å²) in [5, 5.41) is 20.6. The average molecular weight is 1010 g/mol. The van der Waals surface area contributed by atoms with E-state index in [4.69, 9.17) is 14.0 Å². The molecule has 2 rings (SSSR count). The Labute approximate surface area is 326 Å². The van der Waals surface area contributed by atoms with E-state index in [-0.39, 0.29) is 11.8 Å². The molecule has 0 aromatic rings. The lowest BCUT2D eigenvalue weighted by Crippen LogP contribution is -2.78. The van der Waals surface area contributed by atoms with Crippen molar-refractivity contribution in [1.82, 2.24) is 0 Å². The van der Waals surface area contributed by atoms with E-state index in [1.54, 1.807) is 0 Å². The van der Waals surface area contributed by atoms with Gasteiger partial charge < -0.3 is 19.7 Å². The van der Waals surface area contributed by atoms with Crippen LogP contribution in [0, 0.1) is 0 Å². The summed E-state index contributed by atoms with van der Waals surface area (Å²) in [7, 11) is -42.5. The maximum absolute atomic E-state index is 12.4. The van der Waals surface area contributed by atoms with E-state index in [9.17, 15) is 96.5 Å². The van der Waals surface area contributed by atoms with Crippen LogP contribution in [0.4, 0.5) is 0 Å². The van der Waals surface area contributed by atoms with Crippen LogP contribution >= 0.6 is 24.4 Å². The summed E-state index contributed by atoms with van der Waals surface area (Å²) in [5.41, 5.74) is -6.72. The number of thioether (sulfide) groups is 1. The number of aliphatic hydroxyl groups excluding tert-OH is 1. The molecule has 334 valence electrons. The van der Waals surface area contributed by atoms with Crippen LogP contribution in [0.25, 0.3) is 0 Å². The zero-order valence-electron chi connectivity index (χ0n) is 26.2. The molecule has 0 aromatic heterocycles. The van der Waals surface area contributed by atoms with Crippen LogP contribution in [0.1, 0.15) is 0 Å². The summed E-state index contributed by atoms with van der Waals surface area (Å²) in [6.07, 6.45) is -26.5. The van der Waals surface area contributed by atoms with Crippen LogP contribution in [0.15, 0.2) is 0 Å². The highest BCUT2D eigenvalue weighted by Gasteiger charge is 2.69. The number of rotatable bonds is 21. The van der Waals surface area contributed by atoms with Crippen LogP contribution in [-0.2, 0) is 112 Å². The van der Waals surface area contributed by atoms with Gasteiger partial charge in [0.2, 0.25) is 0 Å². The number of aliphatic hydroxyl groups is 2. The number of ether oxygens (including phenoxy) is 2. The second-order valence-electron chi connectivity index (χ2n) is 10.5. The van der Waals surface area contributed by atoms with Crippen molar-refractivity contribution in [3.05, 3.63) is 0 Å². The van der Waals surface area contributed by atoms with Crippen LogP contribution in [0.2, 0.25) is 0 Å². The summed E-state index contributed by atoms with van der Waals surface area (Å²) < 4.78 is 272. The average Bonchev–Trinajstić information content (AvgIpc) is 2.94. The van der Waals surface area contributed by atoms with E-state index in [1.807, 2.05) is 0 Å². The summed E-state index contributed by atoms with van der Waals surface area (Å²) >= 11 is 4.07. The number of hydrogen-bond acceptors (Lipinski definition) is 27. The summed E-state index contributed by atoms with van der Waals surface area (Å²) in [5.74, 6) is -0.569. The van der Waals surface area contributed by atoms with Crippen molar-refractivity contribution in [3.8, 4) is 0 Å². The van der Waals surface area contributed by atoms with Crippen molar-refractivity contribution in [2.45, 2.75) is 65.1 Å². The van der Waals surface area contributed by atoms with Crippen LogP contribution < -0.4 is 0 Å². The first kappa shape index (κ1) is 51.8. The van der Waals surface area contributed by atoms with E-state index >= 15 is 0 Å². The molecule has 11 atom stereocenters. The smallest absolute Gasteiger partial charge is 0.395 e. The molecule has 2 aliphatic heterocycles. The van der Waals surface area contributed by atoms with Crippen LogP contribution in [0.3, 0.4) is 0 Å². The Bertz CT molecular complexity index is 2150. The van der Waals surface area contributed by atoms with Crippen molar-refractivity contribution >= 4 is 97.2 Å². The van der Waals surface area contributed by atoms with Gasteiger partial charge in [-0.25, -0.2) is 29.3 Å². The third kappa shape index (κ3) is 16.9. The minimum atomic E-state index is -6.31. The Balaban J connectivity index is 3.22. The molecule has 0 aromatic carbocycles. The minimum absolute atomic E-state index is 0.162. The van der Waals surface area contributed by atoms with Crippen LogP contribution in [0.5, 0.6) is 0 Å². The molecule has 1 unspecified atom stereocenters. The van der Waals surface area contributed by atoms with Gasteiger partial charge in [0.25, 0.3) is 0 Å². The Kier molecular flexibility index (Phi) is 17.3. The standard InChI is InChI=1S/C15H28O32S9/c16-1-5(48)4-49-14-11(46-55(33,34)35)13(47-56(36,37)38)15(17,7(42-14)3-40-51(21,22)23)12-10(45-54(30,31)32)9(44-53(27,28)29)8(43-52(24,25)26)6(41-12)2-39-50(18,19)20/h5-14,16-17,48H,1-4H2,(H,18,19,20)(H,21,22,23)(H,24,25,26)(H,27,28,29)(H,30,31,32)(H,33,34,35)(H,36,37,38)/t5?,6-,7-,8-,9+,10-,11-,12-,13-,14+,15+/m1/s1. The van der Waals surface area contributed by atoms with E-state index < -0.39 is 163 Å². The Hall–Kier alpha value is -0.370. The Morgan fingerprint density at radius 2 is 0.982 bits per heavy atom. The lowest BCUT2D eigenvalue weighted by molar-refractivity contribution is -0.323. The predicted octanol–water partition coefficient (Wildman–Crippen LogP) is -6.19. The number of hydrogen-bond donors (Lipinski definition) is 10. The molecule has 0 saturated carbocycles. The van der Waals surface area contributed by atoms with E-state index in [0.29, 0.717) is 0 Å². The lowest BCUT2D eigenvalue weighted by atomic mass is 9.75. The molecule has 2 aliphatic rings. The summed E-state index contributed by atoms with van der Waals surface area (Å²) in [6.45, 7) is -4.78. The molecule has 2 fully saturated rings. The largest absolute Gasteiger partial charge is 0.397 e. The molecule has 41 heteroatoms. The summed E-state index contributed by atoms with van der Waals surface area (Å²) in [6, 6.07) is 0. The normalized spacial score (nSPS) is 32.2. The maximum Gasteiger partial charge on any atom is 0.397 e. The van der Waals surface area contributed by atoms with Crippen LogP contribution in [-0.4, -0.2) is 192 Å². The van der Waals surface area contributed by atoms with Gasteiger partial charge in [0.05, 0.1) is 19.8 Å². The van der Waals surface area contributed by atoms with E-state index in [1.165, 1.54) is 0 Å². The summed E-state index contributed by atoms with van der Waals surface area (Å²) in [4.78, 5) is 0. The fourth-order valence-electron chi connectivity index (χ4n) is 4.82. The molecular formula is C15H28O32S9. The highest BCUT2D eigenvalue weighted by Crippen LogP contribution is 2.46. The fourth-order valence-corrected chi connectivity index (χ4v) is 9.38. The molecule has 2 saturated heterocycles. The molecule has 0 radical (unpaired) electrons. The number of thiol groups is 1. The van der Waals surface area contributed by atoms with Crippen molar-refractivity contribution in [1.29, 1.82) is 0 Å². The van der Waals surface area contributed by atoms with Gasteiger partial charge in [-0.15, -0.1) is 11.8 Å². The monoisotopic (exact) mass is 1010 g/mol. The molecule has 0 spiro atoms. The van der Waals surface area contributed by atoms with Gasteiger partial charge in [-0.2, -0.15) is 71.6 Å². The molecule has 0 aliphatic carbocycles. The first-order valence-corrected chi connectivity index (χ1v) is 24.4. The predicted molar refractivity (Wildman–Crippen MR) is 172 cm³/mol. The third-order valence-corrected chi connectivity index (χ3v) is 11.6. The fraction of sp³-hybridized carbons (Fsp3) is 1.00. The van der Waals surface area contributed by atoms with E-state index in [2.05, 4.69) is 41.9 Å². The Morgan fingerprint density at radius 1 is 0.571 bits per heavy atom. The molecule has 0 amide bonds. The second-order valence-corrected chi connectivity index (χ2v) is 19.8. The molecule has 32 nitrogen and oxygen atoms in total. The first-order chi connectivity index (χ1) is 24.8. The molecule has 0 bridgehead atoms. The van der Waals surface area contributed by atoms with Crippen molar-refractivity contribution in [2.24, 2.45) is 0 Å². The van der Waals surface area contributed by atoms with Gasteiger partial charge in [0, 0.05) is 11.0 Å². The first-order valence-electron chi connectivity index (χ1n) is 13.3. The third-order valence-electron chi connectivity index (χ3n) is 6.50. The zero-order valence-corrected chi connectivity index (χ0v) is 33.7. The zero-order chi connectivity index (χ0) is 43.7. The molecule has 9 N–H and O–H groups in total. The van der Waals surface area contributed by atoms with Gasteiger partial charge in [0.1, 0.15) is 54.3 Å². The second kappa shape index (κ2) is 18.7. The lowest BCUT2D eigenvalue weighted by Gasteiger charge is -2.56. The van der Waals surface area contributed by atoms with Crippen molar-refractivity contribution in [2.75, 3.05) is 25.6 Å². The molecule has 56 heavy (non-hydrogen) atoms. The topological polar surface area (TPSA) is 504 Å². The SMILES string of the molecule is O=S(=O)(O)OC[C@H]1O[C@@H]([C@]2(O)[C@H](OS(=O)(=O)O)[C@@H](OS(=O)(=O)O)[C@H](SCC(S)CO)O[C@@H]2COS(=O)(=O)O)[C@H](OS(=O)(=O)O)[C@@H](OS(=O)(=O)O)[C@@H]1OS(=O)(=O)O. The van der Waals surface area contributed by atoms with Crippen molar-refractivity contribution in [3.63, 3.8) is 0 Å². The highest BCUT2D eigenvalue weighted by atomic mass is 32.3. The van der Waals surface area contributed by atoms with Gasteiger partial charge >= 0.3 is 72.8 Å². The molecular weight excluding hydrogens is 981 g/mol.